The number of fused-ring (bicyclic) bond motifs is 1. The fraction of sp³-hybridized carbons (Fsp3) is 0.190. The highest BCUT2D eigenvalue weighted by atomic mass is 35.5. The summed E-state index contributed by atoms with van der Waals surface area (Å²) in [7, 11) is 0. The number of aromatic nitrogens is 3. The number of nitrogens with one attached hydrogen (secondary N) is 1. The highest BCUT2D eigenvalue weighted by Crippen LogP contribution is 2.29. The van der Waals surface area contributed by atoms with Gasteiger partial charge in [-0.25, -0.2) is 4.98 Å². The number of benzene rings is 1. The lowest BCUT2D eigenvalue weighted by molar-refractivity contribution is 0.771. The first-order chi connectivity index (χ1) is 13.4. The summed E-state index contributed by atoms with van der Waals surface area (Å²) in [5.74, 6) is 2.97. The number of thiazole rings is 1. The molecule has 2 heterocycles. The SMILES string of the molecule is C#CC/C=C(\C=C)Cn1cc(Cl)c(=O)nc1Nc1cc2sc(C)nc2cc1C. The number of anilines is 2. The maximum absolute atomic E-state index is 12.0. The van der Waals surface area contributed by atoms with Gasteiger partial charge in [0.2, 0.25) is 5.95 Å². The molecule has 0 aliphatic heterocycles. The molecule has 0 saturated carbocycles. The Morgan fingerprint density at radius 1 is 1.43 bits per heavy atom. The van der Waals surface area contributed by atoms with Crippen LogP contribution < -0.4 is 10.9 Å². The highest BCUT2D eigenvalue weighted by molar-refractivity contribution is 7.18. The lowest BCUT2D eigenvalue weighted by Crippen LogP contribution is -2.18. The molecule has 0 fully saturated rings. The van der Waals surface area contributed by atoms with Crippen LogP contribution in [0.25, 0.3) is 10.2 Å². The number of terminal acetylenes is 1. The highest BCUT2D eigenvalue weighted by Gasteiger charge is 2.11. The van der Waals surface area contributed by atoms with Crippen LogP contribution in [0.3, 0.4) is 0 Å². The van der Waals surface area contributed by atoms with Gasteiger partial charge in [0.05, 0.1) is 21.8 Å². The van der Waals surface area contributed by atoms with Crippen LogP contribution in [0, 0.1) is 26.2 Å². The molecule has 7 heteroatoms. The number of rotatable bonds is 6. The summed E-state index contributed by atoms with van der Waals surface area (Å²) in [4.78, 5) is 20.7. The van der Waals surface area contributed by atoms with Crippen molar-refractivity contribution in [2.75, 3.05) is 5.32 Å². The van der Waals surface area contributed by atoms with Gasteiger partial charge in [-0.15, -0.1) is 23.7 Å². The molecule has 3 aromatic rings. The normalized spacial score (nSPS) is 11.4. The first-order valence-corrected chi connectivity index (χ1v) is 9.77. The molecule has 0 amide bonds. The Bertz CT molecular complexity index is 1180. The second-order valence-electron chi connectivity index (χ2n) is 6.23. The largest absolute Gasteiger partial charge is 0.325 e. The molecule has 0 bridgehead atoms. The van der Waals surface area contributed by atoms with Gasteiger partial charge in [0.1, 0.15) is 5.02 Å². The quantitative estimate of drug-likeness (QED) is 0.458. The van der Waals surface area contributed by atoms with Crippen LogP contribution in [-0.2, 0) is 6.54 Å². The lowest BCUT2D eigenvalue weighted by Gasteiger charge is -2.16. The smallest absolute Gasteiger partial charge is 0.293 e. The number of halogens is 1. The molecule has 142 valence electrons. The van der Waals surface area contributed by atoms with Crippen LogP contribution in [0.4, 0.5) is 11.6 Å². The Kier molecular flexibility index (Phi) is 5.98. The van der Waals surface area contributed by atoms with E-state index in [0.29, 0.717) is 18.9 Å². The van der Waals surface area contributed by atoms with E-state index in [2.05, 4.69) is 27.8 Å². The summed E-state index contributed by atoms with van der Waals surface area (Å²) >= 11 is 7.64. The van der Waals surface area contributed by atoms with Gasteiger partial charge in [0.25, 0.3) is 5.56 Å². The molecule has 3 rings (SSSR count). The molecule has 0 atom stereocenters. The van der Waals surface area contributed by atoms with E-state index < -0.39 is 5.56 Å². The van der Waals surface area contributed by atoms with Crippen LogP contribution in [-0.4, -0.2) is 14.5 Å². The van der Waals surface area contributed by atoms with Crippen molar-refractivity contribution < 1.29 is 0 Å². The first-order valence-electron chi connectivity index (χ1n) is 8.58. The third-order valence-corrected chi connectivity index (χ3v) is 5.33. The molecule has 0 radical (unpaired) electrons. The Hall–Kier alpha value is -2.88. The third-order valence-electron chi connectivity index (χ3n) is 4.14. The number of nitrogens with zero attached hydrogens (tertiary/aromatic N) is 3. The third kappa shape index (κ3) is 4.33. The molecule has 0 saturated heterocycles. The summed E-state index contributed by atoms with van der Waals surface area (Å²) in [6.45, 7) is 8.22. The van der Waals surface area contributed by atoms with Crippen molar-refractivity contribution >= 4 is 44.8 Å². The minimum atomic E-state index is -0.486. The van der Waals surface area contributed by atoms with Crippen molar-refractivity contribution in [2.45, 2.75) is 26.8 Å². The molecule has 0 aliphatic carbocycles. The Morgan fingerprint density at radius 2 is 2.21 bits per heavy atom. The van der Waals surface area contributed by atoms with E-state index in [1.54, 1.807) is 28.2 Å². The summed E-state index contributed by atoms with van der Waals surface area (Å²) in [5, 5.41) is 4.32. The average molecular weight is 411 g/mol. The van der Waals surface area contributed by atoms with Crippen molar-refractivity contribution in [3.05, 3.63) is 68.6 Å². The van der Waals surface area contributed by atoms with E-state index in [4.69, 9.17) is 18.0 Å². The van der Waals surface area contributed by atoms with Gasteiger partial charge in [-0.05, 0) is 37.1 Å². The minimum Gasteiger partial charge on any atom is -0.325 e. The van der Waals surface area contributed by atoms with Crippen molar-refractivity contribution in [3.63, 3.8) is 0 Å². The summed E-state index contributed by atoms with van der Waals surface area (Å²) in [6, 6.07) is 4.03. The van der Waals surface area contributed by atoms with Crippen LogP contribution >= 0.6 is 22.9 Å². The van der Waals surface area contributed by atoms with Gasteiger partial charge >= 0.3 is 0 Å². The van der Waals surface area contributed by atoms with Gasteiger partial charge in [-0.3, -0.25) is 4.79 Å². The van der Waals surface area contributed by atoms with Crippen molar-refractivity contribution in [3.8, 4) is 12.3 Å². The van der Waals surface area contributed by atoms with E-state index in [1.165, 1.54) is 0 Å². The molecule has 0 spiro atoms. The monoisotopic (exact) mass is 410 g/mol. The van der Waals surface area contributed by atoms with Gasteiger partial charge < -0.3 is 9.88 Å². The van der Waals surface area contributed by atoms with Crippen LogP contribution in [0.2, 0.25) is 5.02 Å². The van der Waals surface area contributed by atoms with E-state index in [9.17, 15) is 4.79 Å². The van der Waals surface area contributed by atoms with Crippen LogP contribution in [0.5, 0.6) is 0 Å². The Morgan fingerprint density at radius 3 is 2.93 bits per heavy atom. The van der Waals surface area contributed by atoms with Crippen LogP contribution in [0.15, 0.2) is 47.4 Å². The molecule has 0 unspecified atom stereocenters. The van der Waals surface area contributed by atoms with Gasteiger partial charge in [0, 0.05) is 18.3 Å². The maximum atomic E-state index is 12.0. The molecule has 0 aliphatic rings. The number of hydrogen-bond donors (Lipinski definition) is 1. The molecule has 5 nitrogen and oxygen atoms in total. The van der Waals surface area contributed by atoms with E-state index >= 15 is 0 Å². The van der Waals surface area contributed by atoms with Gasteiger partial charge in [0.15, 0.2) is 0 Å². The molecular weight excluding hydrogens is 392 g/mol. The summed E-state index contributed by atoms with van der Waals surface area (Å²) in [5.41, 5.74) is 3.23. The van der Waals surface area contributed by atoms with Crippen molar-refractivity contribution in [1.82, 2.24) is 14.5 Å². The second kappa shape index (κ2) is 8.42. The van der Waals surface area contributed by atoms with Crippen molar-refractivity contribution in [2.24, 2.45) is 0 Å². The predicted octanol–water partition coefficient (Wildman–Crippen LogP) is 5.00. The van der Waals surface area contributed by atoms with E-state index in [-0.39, 0.29) is 5.02 Å². The zero-order valence-electron chi connectivity index (χ0n) is 15.6. The Balaban J connectivity index is 2.03. The Labute approximate surface area is 172 Å². The summed E-state index contributed by atoms with van der Waals surface area (Å²) < 4.78 is 2.84. The van der Waals surface area contributed by atoms with Crippen molar-refractivity contribution in [1.29, 1.82) is 0 Å². The first kappa shape index (κ1) is 19.9. The fourth-order valence-corrected chi connectivity index (χ4v) is 3.74. The molecule has 2 aromatic heterocycles. The standard InChI is InChI=1S/C21H19ClN4OS/c1-5-7-8-15(6-2)11-26-12-16(22)20(27)25-21(26)24-17-10-19-18(9-13(17)3)23-14(4)28-19/h1,6,8-10,12H,2,7,11H2,3-4H3,(H,24,25,27)/b15-8+. The molecule has 28 heavy (non-hydrogen) atoms. The number of aryl methyl sites for hydroxylation is 2. The van der Waals surface area contributed by atoms with Gasteiger partial charge in [-0.1, -0.05) is 30.3 Å². The van der Waals surface area contributed by atoms with E-state index in [0.717, 1.165) is 32.0 Å². The second-order valence-corrected chi connectivity index (χ2v) is 7.87. The minimum absolute atomic E-state index is 0.0520. The van der Waals surface area contributed by atoms with Crippen LogP contribution in [0.1, 0.15) is 17.0 Å². The number of hydrogen-bond acceptors (Lipinski definition) is 5. The average Bonchev–Trinajstić information content (AvgIpc) is 3.01. The molecule has 1 N–H and O–H groups in total. The predicted molar refractivity (Wildman–Crippen MR) is 118 cm³/mol. The summed E-state index contributed by atoms with van der Waals surface area (Å²) in [6.07, 6.45) is 11.0. The fourth-order valence-electron chi connectivity index (χ4n) is 2.74. The molecular formula is C21H19ClN4OS. The van der Waals surface area contributed by atoms with E-state index in [1.807, 2.05) is 32.1 Å². The molecule has 1 aromatic carbocycles. The maximum Gasteiger partial charge on any atom is 0.293 e. The topological polar surface area (TPSA) is 59.8 Å². The lowest BCUT2D eigenvalue weighted by atomic mass is 10.2. The van der Waals surface area contributed by atoms with Gasteiger partial charge in [-0.2, -0.15) is 4.98 Å². The number of allylic oxidation sites excluding steroid dienone is 3. The zero-order chi connectivity index (χ0) is 20.3. The zero-order valence-corrected chi connectivity index (χ0v) is 17.2.